The van der Waals surface area contributed by atoms with Gasteiger partial charge in [0.2, 0.25) is 0 Å². The first kappa shape index (κ1) is 28.4. The molecule has 0 aliphatic heterocycles. The van der Waals surface area contributed by atoms with Gasteiger partial charge in [-0.3, -0.25) is 0 Å². The van der Waals surface area contributed by atoms with Crippen molar-refractivity contribution in [3.05, 3.63) is 23.8 Å². The van der Waals surface area contributed by atoms with Crippen LogP contribution in [-0.4, -0.2) is 35.0 Å². The molecule has 4 fully saturated rings. The lowest BCUT2D eigenvalue weighted by Gasteiger charge is -2.71. The third kappa shape index (κ3) is 3.85. The van der Waals surface area contributed by atoms with Crippen LogP contribution in [0.3, 0.4) is 0 Å². The van der Waals surface area contributed by atoms with Gasteiger partial charge in [0.25, 0.3) is 0 Å². The summed E-state index contributed by atoms with van der Waals surface area (Å²) in [5.74, 6) is 0.675. The van der Waals surface area contributed by atoms with Crippen LogP contribution in [0.4, 0.5) is 0 Å². The minimum Gasteiger partial charge on any atom is -0.463 e. The van der Waals surface area contributed by atoms with Gasteiger partial charge in [0.15, 0.2) is 0 Å². The first-order valence-corrected chi connectivity index (χ1v) is 15.5. The Balaban J connectivity index is 1.60. The molecule has 5 aliphatic carbocycles. The van der Waals surface area contributed by atoms with E-state index in [2.05, 4.69) is 60.6 Å². The lowest BCUT2D eigenvalue weighted by Crippen LogP contribution is -2.65. The third-order valence-corrected chi connectivity index (χ3v) is 13.5. The normalized spacial score (nSPS) is 49.2. The van der Waals surface area contributed by atoms with Crippen molar-refractivity contribution in [1.29, 1.82) is 0 Å². The predicted octanol–water partition coefficient (Wildman–Crippen LogP) is 7.24. The lowest BCUT2D eigenvalue weighted by molar-refractivity contribution is -0.187. The van der Waals surface area contributed by atoms with Crippen molar-refractivity contribution in [1.82, 2.24) is 0 Å². The van der Waals surface area contributed by atoms with Crippen LogP contribution in [-0.2, 0) is 9.53 Å². The lowest BCUT2D eigenvalue weighted by atomic mass is 9.33. The molecule has 0 bridgehead atoms. The van der Waals surface area contributed by atoms with Crippen LogP contribution in [0, 0.1) is 50.2 Å². The number of rotatable bonds is 3. The molecule has 0 heterocycles. The van der Waals surface area contributed by atoms with Gasteiger partial charge in [-0.25, -0.2) is 4.79 Å². The predicted molar refractivity (Wildman–Crippen MR) is 152 cm³/mol. The Bertz CT molecular complexity index is 1020. The summed E-state index contributed by atoms with van der Waals surface area (Å²) in [6.45, 7) is 19.0. The first-order valence-electron chi connectivity index (χ1n) is 15.5. The van der Waals surface area contributed by atoms with E-state index in [1.165, 1.54) is 5.57 Å². The van der Waals surface area contributed by atoms with Crippen molar-refractivity contribution < 1.29 is 19.7 Å². The van der Waals surface area contributed by atoms with E-state index in [0.717, 1.165) is 57.8 Å². The Morgan fingerprint density at radius 3 is 2.34 bits per heavy atom. The van der Waals surface area contributed by atoms with E-state index in [9.17, 15) is 15.0 Å². The molecule has 2 N–H and O–H groups in total. The van der Waals surface area contributed by atoms with E-state index in [1.54, 1.807) is 6.08 Å². The summed E-state index contributed by atoms with van der Waals surface area (Å²) in [7, 11) is 0. The highest BCUT2D eigenvalue weighted by Crippen LogP contribution is 2.75. The van der Waals surface area contributed by atoms with Crippen molar-refractivity contribution in [3.8, 4) is 0 Å². The molecule has 0 aromatic heterocycles. The minimum atomic E-state index is -0.483. The number of ether oxygens (including phenoxy) is 1. The van der Waals surface area contributed by atoms with Crippen molar-refractivity contribution in [3.63, 3.8) is 0 Å². The average molecular weight is 527 g/mol. The number of carbonyl (C=O) groups excluding carboxylic acids is 1. The molecule has 0 aromatic rings. The molecule has 5 rings (SSSR count). The summed E-state index contributed by atoms with van der Waals surface area (Å²) in [6, 6.07) is 0. The molecule has 5 aliphatic rings. The minimum absolute atomic E-state index is 0.00880. The Kier molecular flexibility index (Phi) is 6.68. The van der Waals surface area contributed by atoms with Crippen molar-refractivity contribution in [2.45, 2.75) is 125 Å². The van der Waals surface area contributed by atoms with E-state index in [-0.39, 0.29) is 50.5 Å². The molecular formula is C34H54O4. The molecule has 0 aromatic carbocycles. The van der Waals surface area contributed by atoms with Gasteiger partial charge in [0.05, 0.1) is 18.8 Å². The summed E-state index contributed by atoms with van der Waals surface area (Å²) >= 11 is 0. The standard InChI is InChI=1S/C34H54O4/c1-9-38-27(37)12-15-34-18-16-29(2,3)21-22(34)28-23(35)20-25-31(6)13-11-26(36)30(4,5)24(31)10-14-32(25,7)33(28,8)17-19-34/h12,15,20,22-24,26,28,35-36H,9-11,13-14,16-19,21H2,1-8H3/b15-12+/t22-,23-,24+,26+,28?,31+,32-,33-,34-/m1/s1. The van der Waals surface area contributed by atoms with Crippen LogP contribution in [0.25, 0.3) is 0 Å². The summed E-state index contributed by atoms with van der Waals surface area (Å²) in [5.41, 5.74) is 1.55. The van der Waals surface area contributed by atoms with Crippen LogP contribution >= 0.6 is 0 Å². The zero-order valence-electron chi connectivity index (χ0n) is 25.4. The quantitative estimate of drug-likeness (QED) is 0.231. The number of hydrogen-bond acceptors (Lipinski definition) is 4. The molecule has 0 saturated heterocycles. The molecule has 214 valence electrons. The number of hydrogen-bond donors (Lipinski definition) is 2. The molecule has 9 atom stereocenters. The SMILES string of the molecule is CCOC(=O)/C=C/[C@]12CCC(C)(C)C[C@@H]1C1[C@H](O)C=C3[C@@]4(C)CC[C@H](O)C(C)(C)[C@@H]4CC[C@@]3(C)[C@]1(C)CC2. The highest BCUT2D eigenvalue weighted by atomic mass is 16.5. The highest BCUT2D eigenvalue weighted by molar-refractivity contribution is 5.82. The summed E-state index contributed by atoms with van der Waals surface area (Å²) in [5, 5.41) is 23.1. The van der Waals surface area contributed by atoms with Crippen molar-refractivity contribution >= 4 is 5.97 Å². The van der Waals surface area contributed by atoms with Crippen LogP contribution in [0.15, 0.2) is 23.8 Å². The van der Waals surface area contributed by atoms with Gasteiger partial charge in [-0.05, 0) is 115 Å². The molecule has 4 heteroatoms. The maximum atomic E-state index is 12.4. The van der Waals surface area contributed by atoms with E-state index >= 15 is 0 Å². The van der Waals surface area contributed by atoms with E-state index in [0.29, 0.717) is 18.4 Å². The topological polar surface area (TPSA) is 66.8 Å². The molecule has 0 amide bonds. The smallest absolute Gasteiger partial charge is 0.330 e. The number of aliphatic hydroxyl groups excluding tert-OH is 2. The Labute approximate surface area is 231 Å². The Hall–Kier alpha value is -1.13. The number of aliphatic hydroxyl groups is 2. The van der Waals surface area contributed by atoms with E-state index in [4.69, 9.17) is 4.74 Å². The second kappa shape index (κ2) is 8.93. The van der Waals surface area contributed by atoms with Gasteiger partial charge in [0, 0.05) is 6.08 Å². The van der Waals surface area contributed by atoms with E-state index in [1.807, 2.05) is 6.92 Å². The molecule has 0 spiro atoms. The highest BCUT2D eigenvalue weighted by Gasteiger charge is 2.69. The van der Waals surface area contributed by atoms with Crippen LogP contribution in [0.2, 0.25) is 0 Å². The molecular weight excluding hydrogens is 472 g/mol. The maximum Gasteiger partial charge on any atom is 0.330 e. The van der Waals surface area contributed by atoms with Gasteiger partial charge in [-0.15, -0.1) is 0 Å². The monoisotopic (exact) mass is 526 g/mol. The number of carbonyl (C=O) groups is 1. The zero-order chi connectivity index (χ0) is 27.9. The van der Waals surface area contributed by atoms with E-state index < -0.39 is 6.10 Å². The maximum absolute atomic E-state index is 12.4. The zero-order valence-corrected chi connectivity index (χ0v) is 25.4. The summed E-state index contributed by atoms with van der Waals surface area (Å²) < 4.78 is 5.27. The van der Waals surface area contributed by atoms with Crippen LogP contribution < -0.4 is 0 Å². The largest absolute Gasteiger partial charge is 0.463 e. The van der Waals surface area contributed by atoms with Gasteiger partial charge in [-0.2, -0.15) is 0 Å². The fraction of sp³-hybridized carbons (Fsp3) is 0.853. The molecule has 1 unspecified atom stereocenters. The van der Waals surface area contributed by atoms with Crippen molar-refractivity contribution in [2.24, 2.45) is 50.2 Å². The van der Waals surface area contributed by atoms with Crippen molar-refractivity contribution in [2.75, 3.05) is 6.61 Å². The van der Waals surface area contributed by atoms with Gasteiger partial charge < -0.3 is 14.9 Å². The average Bonchev–Trinajstić information content (AvgIpc) is 2.82. The Morgan fingerprint density at radius 2 is 1.66 bits per heavy atom. The molecule has 0 radical (unpaired) electrons. The van der Waals surface area contributed by atoms with Gasteiger partial charge in [0.1, 0.15) is 0 Å². The fourth-order valence-electron chi connectivity index (χ4n) is 11.0. The Morgan fingerprint density at radius 1 is 0.974 bits per heavy atom. The van der Waals surface area contributed by atoms with Crippen LogP contribution in [0.1, 0.15) is 113 Å². The van der Waals surface area contributed by atoms with Gasteiger partial charge >= 0.3 is 5.97 Å². The van der Waals surface area contributed by atoms with Gasteiger partial charge in [-0.1, -0.05) is 66.2 Å². The summed E-state index contributed by atoms with van der Waals surface area (Å²) in [4.78, 5) is 12.4. The molecule has 4 saturated carbocycles. The molecule has 38 heavy (non-hydrogen) atoms. The molecule has 4 nitrogen and oxygen atoms in total. The number of fused-ring (bicyclic) bond motifs is 7. The first-order chi connectivity index (χ1) is 17.6. The fourth-order valence-corrected chi connectivity index (χ4v) is 11.0. The second-order valence-corrected chi connectivity index (χ2v) is 16.0. The summed E-state index contributed by atoms with van der Waals surface area (Å²) in [6.07, 6.45) is 15.0. The number of allylic oxidation sites excluding steroid dienone is 2. The van der Waals surface area contributed by atoms with Crippen LogP contribution in [0.5, 0.6) is 0 Å². The second-order valence-electron chi connectivity index (χ2n) is 16.0. The number of esters is 1. The third-order valence-electron chi connectivity index (χ3n) is 13.5.